The van der Waals surface area contributed by atoms with Gasteiger partial charge < -0.3 is 10.1 Å². The van der Waals surface area contributed by atoms with Crippen molar-refractivity contribution in [3.63, 3.8) is 0 Å². The van der Waals surface area contributed by atoms with E-state index in [9.17, 15) is 9.90 Å². The Morgan fingerprint density at radius 1 is 1.33 bits per heavy atom. The molecule has 0 bridgehead atoms. The number of aromatic amines is 1. The zero-order chi connectivity index (χ0) is 14.8. The number of fused-ring (bicyclic) bond motifs is 1. The van der Waals surface area contributed by atoms with Crippen molar-refractivity contribution in [2.75, 3.05) is 0 Å². The Balaban J connectivity index is 1.90. The standard InChI is InChI=1S/C17H15NO2S/c1-2-13-14-7-4-8-15(14)17(18-16(13)20)21-10-11-5-3-6-12(19)9-11/h1,3,5-6,9,19H,4,7-8,10H2,(H,18,20). The van der Waals surface area contributed by atoms with E-state index >= 15 is 0 Å². The molecule has 1 aliphatic carbocycles. The van der Waals surface area contributed by atoms with Gasteiger partial charge in [-0.05, 0) is 48.1 Å². The molecular weight excluding hydrogens is 282 g/mol. The van der Waals surface area contributed by atoms with Crippen molar-refractivity contribution in [2.24, 2.45) is 0 Å². The van der Waals surface area contributed by atoms with Crippen molar-refractivity contribution in [1.29, 1.82) is 0 Å². The Morgan fingerprint density at radius 3 is 2.90 bits per heavy atom. The fraction of sp³-hybridized carbons (Fsp3) is 0.235. The number of aromatic nitrogens is 1. The maximum Gasteiger partial charge on any atom is 0.264 e. The van der Waals surface area contributed by atoms with Gasteiger partial charge in [-0.25, -0.2) is 0 Å². The van der Waals surface area contributed by atoms with Gasteiger partial charge in [0, 0.05) is 5.75 Å². The van der Waals surface area contributed by atoms with Gasteiger partial charge in [-0.15, -0.1) is 18.2 Å². The normalized spacial score (nSPS) is 12.9. The lowest BCUT2D eigenvalue weighted by Gasteiger charge is -2.09. The Kier molecular flexibility index (Phi) is 3.76. The number of terminal acetylenes is 1. The zero-order valence-corrected chi connectivity index (χ0v) is 12.3. The zero-order valence-electron chi connectivity index (χ0n) is 11.5. The molecule has 0 fully saturated rings. The Hall–Kier alpha value is -2.12. The summed E-state index contributed by atoms with van der Waals surface area (Å²) in [5.74, 6) is 3.48. The van der Waals surface area contributed by atoms with Crippen LogP contribution < -0.4 is 5.56 Å². The van der Waals surface area contributed by atoms with Crippen LogP contribution in [0.5, 0.6) is 5.75 Å². The first kappa shape index (κ1) is 13.8. The Morgan fingerprint density at radius 2 is 2.14 bits per heavy atom. The van der Waals surface area contributed by atoms with Gasteiger partial charge in [0.15, 0.2) is 0 Å². The molecule has 4 heteroatoms. The van der Waals surface area contributed by atoms with Gasteiger partial charge in [0.25, 0.3) is 5.56 Å². The minimum Gasteiger partial charge on any atom is -0.508 e. The van der Waals surface area contributed by atoms with Gasteiger partial charge in [0.1, 0.15) is 5.75 Å². The summed E-state index contributed by atoms with van der Waals surface area (Å²) in [7, 11) is 0. The molecule has 0 spiro atoms. The fourth-order valence-corrected chi connectivity index (χ4v) is 3.78. The number of rotatable bonds is 3. The molecule has 0 atom stereocenters. The summed E-state index contributed by atoms with van der Waals surface area (Å²) in [5.41, 5.74) is 3.57. The van der Waals surface area contributed by atoms with Crippen LogP contribution >= 0.6 is 11.8 Å². The lowest BCUT2D eigenvalue weighted by atomic mass is 10.1. The van der Waals surface area contributed by atoms with Crippen LogP contribution in [0.25, 0.3) is 0 Å². The Bertz CT molecular complexity index is 786. The maximum atomic E-state index is 12.0. The summed E-state index contributed by atoms with van der Waals surface area (Å²) >= 11 is 1.59. The lowest BCUT2D eigenvalue weighted by Crippen LogP contribution is -2.15. The molecular formula is C17H15NO2S. The van der Waals surface area contributed by atoms with Crippen LogP contribution in [-0.2, 0) is 18.6 Å². The van der Waals surface area contributed by atoms with Gasteiger partial charge >= 0.3 is 0 Å². The molecule has 0 saturated carbocycles. The average molecular weight is 297 g/mol. The van der Waals surface area contributed by atoms with Crippen molar-refractivity contribution in [2.45, 2.75) is 30.0 Å². The molecule has 2 N–H and O–H groups in total. The monoisotopic (exact) mass is 297 g/mol. The molecule has 0 unspecified atom stereocenters. The molecule has 0 amide bonds. The average Bonchev–Trinajstić information content (AvgIpc) is 2.94. The number of benzene rings is 1. The van der Waals surface area contributed by atoms with Crippen LogP contribution in [0.2, 0.25) is 0 Å². The van der Waals surface area contributed by atoms with Crippen LogP contribution in [0, 0.1) is 12.3 Å². The number of nitrogens with one attached hydrogen (secondary N) is 1. The molecule has 1 aromatic carbocycles. The van der Waals surface area contributed by atoms with Crippen LogP contribution in [0.4, 0.5) is 0 Å². The van der Waals surface area contributed by atoms with E-state index < -0.39 is 0 Å². The number of pyridine rings is 1. The molecule has 21 heavy (non-hydrogen) atoms. The third-order valence-electron chi connectivity index (χ3n) is 3.69. The molecule has 3 rings (SSSR count). The second kappa shape index (κ2) is 5.71. The minimum absolute atomic E-state index is 0.170. The van der Waals surface area contributed by atoms with Crippen LogP contribution in [0.15, 0.2) is 34.1 Å². The topological polar surface area (TPSA) is 53.1 Å². The van der Waals surface area contributed by atoms with E-state index in [-0.39, 0.29) is 11.3 Å². The third kappa shape index (κ3) is 2.70. The van der Waals surface area contributed by atoms with Crippen LogP contribution in [0.3, 0.4) is 0 Å². The van der Waals surface area contributed by atoms with Crippen molar-refractivity contribution >= 4 is 11.8 Å². The van der Waals surface area contributed by atoms with Crippen molar-refractivity contribution in [1.82, 2.24) is 4.98 Å². The lowest BCUT2D eigenvalue weighted by molar-refractivity contribution is 0.475. The predicted octanol–water partition coefficient (Wildman–Crippen LogP) is 2.84. The molecule has 0 radical (unpaired) electrons. The number of thioether (sulfide) groups is 1. The Labute approximate surface area is 127 Å². The summed E-state index contributed by atoms with van der Waals surface area (Å²) in [6.45, 7) is 0. The summed E-state index contributed by atoms with van der Waals surface area (Å²) in [5, 5.41) is 10.4. The minimum atomic E-state index is -0.170. The number of hydrogen-bond acceptors (Lipinski definition) is 3. The predicted molar refractivity (Wildman–Crippen MR) is 84.7 cm³/mol. The molecule has 106 valence electrons. The number of phenolic OH excluding ortho intramolecular Hbond substituents is 1. The second-order valence-corrected chi connectivity index (χ2v) is 6.06. The highest BCUT2D eigenvalue weighted by molar-refractivity contribution is 7.98. The van der Waals surface area contributed by atoms with E-state index in [1.807, 2.05) is 12.1 Å². The molecule has 1 heterocycles. The first-order valence-electron chi connectivity index (χ1n) is 6.84. The van der Waals surface area contributed by atoms with Gasteiger partial charge in [-0.3, -0.25) is 4.79 Å². The van der Waals surface area contributed by atoms with E-state index in [1.165, 1.54) is 5.56 Å². The highest BCUT2D eigenvalue weighted by Gasteiger charge is 2.21. The van der Waals surface area contributed by atoms with Gasteiger partial charge in [0.2, 0.25) is 0 Å². The van der Waals surface area contributed by atoms with E-state index in [0.717, 1.165) is 35.4 Å². The van der Waals surface area contributed by atoms with Crippen LogP contribution in [0.1, 0.15) is 28.7 Å². The van der Waals surface area contributed by atoms with E-state index in [0.29, 0.717) is 11.3 Å². The molecule has 0 saturated heterocycles. The van der Waals surface area contributed by atoms with E-state index in [2.05, 4.69) is 10.9 Å². The van der Waals surface area contributed by atoms with Gasteiger partial charge in [0.05, 0.1) is 10.6 Å². The maximum absolute atomic E-state index is 12.0. The number of phenols is 1. The third-order valence-corrected chi connectivity index (χ3v) is 4.80. The largest absolute Gasteiger partial charge is 0.508 e. The van der Waals surface area contributed by atoms with Crippen molar-refractivity contribution < 1.29 is 5.11 Å². The second-order valence-electron chi connectivity index (χ2n) is 5.07. The summed E-state index contributed by atoms with van der Waals surface area (Å²) in [6, 6.07) is 7.16. The molecule has 1 aliphatic rings. The summed E-state index contributed by atoms with van der Waals surface area (Å²) < 4.78 is 0. The molecule has 3 nitrogen and oxygen atoms in total. The van der Waals surface area contributed by atoms with E-state index in [1.54, 1.807) is 23.9 Å². The van der Waals surface area contributed by atoms with Crippen molar-refractivity contribution in [3.05, 3.63) is 56.9 Å². The summed E-state index contributed by atoms with van der Waals surface area (Å²) in [6.07, 6.45) is 8.34. The fourth-order valence-electron chi connectivity index (χ4n) is 2.73. The SMILES string of the molecule is C#Cc1c2c(c(SCc3cccc(O)c3)[nH]c1=O)CCC2. The van der Waals surface area contributed by atoms with Crippen molar-refractivity contribution in [3.8, 4) is 18.1 Å². The number of hydrogen-bond donors (Lipinski definition) is 2. The molecule has 2 aromatic rings. The molecule has 0 aliphatic heterocycles. The van der Waals surface area contributed by atoms with Gasteiger partial charge in [-0.2, -0.15) is 0 Å². The number of H-pyrrole nitrogens is 1. The smallest absolute Gasteiger partial charge is 0.264 e. The first-order chi connectivity index (χ1) is 10.2. The quantitative estimate of drug-likeness (QED) is 0.676. The van der Waals surface area contributed by atoms with Crippen LogP contribution in [-0.4, -0.2) is 10.1 Å². The summed E-state index contributed by atoms with van der Waals surface area (Å²) in [4.78, 5) is 15.0. The van der Waals surface area contributed by atoms with Gasteiger partial charge in [-0.1, -0.05) is 18.1 Å². The first-order valence-corrected chi connectivity index (χ1v) is 7.83. The van der Waals surface area contributed by atoms with E-state index in [4.69, 9.17) is 6.42 Å². The number of aromatic hydroxyl groups is 1. The molecule has 1 aromatic heterocycles. The highest BCUT2D eigenvalue weighted by Crippen LogP contribution is 2.32. The highest BCUT2D eigenvalue weighted by atomic mass is 32.2.